The number of carbonyl (C=O) groups is 1. The van der Waals surface area contributed by atoms with Crippen molar-refractivity contribution in [3.63, 3.8) is 0 Å². The summed E-state index contributed by atoms with van der Waals surface area (Å²) in [6.07, 6.45) is 8.98. The number of hydrogen-bond acceptors (Lipinski definition) is 4. The Balaban J connectivity index is 1.43. The minimum Gasteiger partial charge on any atom is -0.619 e. The lowest BCUT2D eigenvalue weighted by atomic mass is 9.99. The average molecular weight is 445 g/mol. The van der Waals surface area contributed by atoms with Crippen LogP contribution >= 0.6 is 0 Å². The molecule has 0 spiro atoms. The van der Waals surface area contributed by atoms with E-state index in [-0.39, 0.29) is 23.7 Å². The maximum absolute atomic E-state index is 14.8. The van der Waals surface area contributed by atoms with Gasteiger partial charge in [0.05, 0.1) is 11.8 Å². The standard InChI is InChI=1S/C25H24FN5O2/c1-4-18-23(17-11-28-30(3)12-17)24(18)25(32)29-22-9-15-7-19(21(26)8-16(15)10-27-22)20-13-31(33)6-5-14(20)2/h5-13,18,23-24H,4H2,1-3H3,(H,27,29,32)/t18-,23+,24+/m0/s1. The maximum Gasteiger partial charge on any atom is 0.229 e. The second-order valence-corrected chi connectivity index (χ2v) is 8.71. The van der Waals surface area contributed by atoms with Crippen molar-refractivity contribution in [1.82, 2.24) is 14.8 Å². The van der Waals surface area contributed by atoms with Gasteiger partial charge in [-0.1, -0.05) is 13.3 Å². The number of pyridine rings is 2. The van der Waals surface area contributed by atoms with E-state index in [0.29, 0.717) is 27.1 Å². The zero-order chi connectivity index (χ0) is 23.3. The zero-order valence-corrected chi connectivity index (χ0v) is 18.6. The number of aromatic nitrogens is 4. The number of carbonyl (C=O) groups excluding carboxylic acids is 1. The van der Waals surface area contributed by atoms with E-state index in [9.17, 15) is 14.4 Å². The summed E-state index contributed by atoms with van der Waals surface area (Å²) in [5.41, 5.74) is 2.73. The van der Waals surface area contributed by atoms with E-state index in [0.717, 1.165) is 22.9 Å². The van der Waals surface area contributed by atoms with E-state index in [1.807, 2.05) is 26.4 Å². The highest BCUT2D eigenvalue weighted by atomic mass is 19.1. The summed E-state index contributed by atoms with van der Waals surface area (Å²) < 4.78 is 17.2. The van der Waals surface area contributed by atoms with E-state index in [1.54, 1.807) is 29.1 Å². The summed E-state index contributed by atoms with van der Waals surface area (Å²) in [5.74, 6) is 0.218. The van der Waals surface area contributed by atoms with Crippen LogP contribution in [0.1, 0.15) is 30.4 Å². The third-order valence-corrected chi connectivity index (χ3v) is 6.55. The Morgan fingerprint density at radius 2 is 2.06 bits per heavy atom. The van der Waals surface area contributed by atoms with E-state index in [2.05, 4.69) is 22.3 Å². The first kappa shape index (κ1) is 21.1. The number of nitrogens with zero attached hydrogens (tertiary/aromatic N) is 4. The van der Waals surface area contributed by atoms with Gasteiger partial charge in [0.15, 0.2) is 12.4 Å². The van der Waals surface area contributed by atoms with Crippen molar-refractivity contribution in [2.75, 3.05) is 5.32 Å². The summed E-state index contributed by atoms with van der Waals surface area (Å²) in [6.45, 7) is 3.92. The first-order chi connectivity index (χ1) is 15.9. The van der Waals surface area contributed by atoms with Gasteiger partial charge in [0.1, 0.15) is 11.6 Å². The van der Waals surface area contributed by atoms with Gasteiger partial charge in [-0.15, -0.1) is 0 Å². The molecule has 1 aromatic carbocycles. The Morgan fingerprint density at radius 1 is 1.24 bits per heavy atom. The summed E-state index contributed by atoms with van der Waals surface area (Å²) >= 11 is 0. The molecule has 1 N–H and O–H groups in total. The molecule has 168 valence electrons. The van der Waals surface area contributed by atoms with Crippen LogP contribution in [0.25, 0.3) is 21.9 Å². The molecule has 1 aliphatic carbocycles. The molecular weight excluding hydrogens is 421 g/mol. The van der Waals surface area contributed by atoms with Gasteiger partial charge in [0.2, 0.25) is 5.91 Å². The lowest BCUT2D eigenvalue weighted by Crippen LogP contribution is -2.24. The lowest BCUT2D eigenvalue weighted by Gasteiger charge is -2.10. The Kier molecular flexibility index (Phi) is 5.08. The Labute approximate surface area is 190 Å². The predicted molar refractivity (Wildman–Crippen MR) is 123 cm³/mol. The Hall–Kier alpha value is -3.81. The van der Waals surface area contributed by atoms with Crippen molar-refractivity contribution in [1.29, 1.82) is 0 Å². The van der Waals surface area contributed by atoms with Gasteiger partial charge in [-0.25, -0.2) is 9.37 Å². The van der Waals surface area contributed by atoms with Crippen LogP contribution in [-0.2, 0) is 11.8 Å². The van der Waals surface area contributed by atoms with Crippen molar-refractivity contribution in [3.8, 4) is 11.1 Å². The average Bonchev–Trinajstić information content (AvgIpc) is 3.38. The molecule has 3 heterocycles. The summed E-state index contributed by atoms with van der Waals surface area (Å²) in [5, 5.41) is 20.3. The molecule has 0 bridgehead atoms. The third kappa shape index (κ3) is 3.82. The molecule has 5 rings (SSSR count). The molecule has 7 nitrogen and oxygen atoms in total. The molecule has 3 aromatic heterocycles. The second kappa shape index (κ2) is 7.95. The molecular formula is C25H24FN5O2. The highest BCUT2D eigenvalue weighted by Gasteiger charge is 2.54. The number of amides is 1. The van der Waals surface area contributed by atoms with Crippen LogP contribution in [0.3, 0.4) is 0 Å². The minimum atomic E-state index is -0.432. The highest BCUT2D eigenvalue weighted by molar-refractivity contribution is 5.97. The second-order valence-electron chi connectivity index (χ2n) is 8.71. The van der Waals surface area contributed by atoms with Gasteiger partial charge >= 0.3 is 0 Å². The minimum absolute atomic E-state index is 0.0730. The SMILES string of the molecule is CC[C@@H]1[C@@H](C(=O)Nc2cc3cc(-c4c[n+]([O-])ccc4C)c(F)cc3cn2)[C@@H]1c1cnn(C)c1. The van der Waals surface area contributed by atoms with Crippen molar-refractivity contribution in [3.05, 3.63) is 77.4 Å². The van der Waals surface area contributed by atoms with Crippen LogP contribution in [-0.4, -0.2) is 20.7 Å². The van der Waals surface area contributed by atoms with E-state index >= 15 is 0 Å². The molecule has 0 radical (unpaired) electrons. The monoisotopic (exact) mass is 445 g/mol. The number of benzene rings is 1. The molecule has 0 unspecified atom stereocenters. The lowest BCUT2D eigenvalue weighted by molar-refractivity contribution is -0.604. The number of rotatable bonds is 5. The van der Waals surface area contributed by atoms with Crippen LogP contribution in [0.4, 0.5) is 10.2 Å². The van der Waals surface area contributed by atoms with E-state index in [1.165, 1.54) is 18.5 Å². The van der Waals surface area contributed by atoms with Crippen LogP contribution < -0.4 is 10.0 Å². The maximum atomic E-state index is 14.8. The molecule has 1 saturated carbocycles. The number of hydrogen-bond donors (Lipinski definition) is 1. The first-order valence-electron chi connectivity index (χ1n) is 10.9. The quantitative estimate of drug-likeness (QED) is 0.370. The zero-order valence-electron chi connectivity index (χ0n) is 18.6. The van der Waals surface area contributed by atoms with Gasteiger partial charge in [-0.2, -0.15) is 9.83 Å². The fraction of sp³-hybridized carbons (Fsp3) is 0.280. The molecule has 33 heavy (non-hydrogen) atoms. The number of fused-ring (bicyclic) bond motifs is 1. The summed E-state index contributed by atoms with van der Waals surface area (Å²) in [4.78, 5) is 17.3. The van der Waals surface area contributed by atoms with Gasteiger partial charge in [0, 0.05) is 48.3 Å². The first-order valence-corrected chi connectivity index (χ1v) is 10.9. The van der Waals surface area contributed by atoms with Crippen molar-refractivity contribution in [2.45, 2.75) is 26.2 Å². The van der Waals surface area contributed by atoms with Gasteiger partial charge in [0.25, 0.3) is 0 Å². The fourth-order valence-electron chi connectivity index (χ4n) is 4.79. The topological polar surface area (TPSA) is 86.8 Å². The van der Waals surface area contributed by atoms with E-state index in [4.69, 9.17) is 0 Å². The van der Waals surface area contributed by atoms with Crippen molar-refractivity contribution < 1.29 is 13.9 Å². The summed E-state index contributed by atoms with van der Waals surface area (Å²) in [7, 11) is 1.87. The molecule has 1 fully saturated rings. The number of anilines is 1. The molecule has 4 aromatic rings. The van der Waals surface area contributed by atoms with Crippen LogP contribution in [0.5, 0.6) is 0 Å². The molecule has 8 heteroatoms. The van der Waals surface area contributed by atoms with Crippen molar-refractivity contribution >= 4 is 22.5 Å². The third-order valence-electron chi connectivity index (χ3n) is 6.55. The van der Waals surface area contributed by atoms with Crippen LogP contribution in [0.2, 0.25) is 0 Å². The van der Waals surface area contributed by atoms with Crippen molar-refractivity contribution in [2.24, 2.45) is 18.9 Å². The number of halogens is 1. The normalized spacial score (nSPS) is 19.6. The van der Waals surface area contributed by atoms with Gasteiger partial charge in [-0.05, 0) is 47.6 Å². The summed E-state index contributed by atoms with van der Waals surface area (Å²) in [6, 6.07) is 6.48. The van der Waals surface area contributed by atoms with Crippen LogP contribution in [0.15, 0.2) is 55.2 Å². The van der Waals surface area contributed by atoms with Crippen LogP contribution in [0, 0.1) is 29.8 Å². The molecule has 0 saturated heterocycles. The Morgan fingerprint density at radius 3 is 2.79 bits per heavy atom. The number of nitrogens with one attached hydrogen (secondary N) is 1. The highest BCUT2D eigenvalue weighted by Crippen LogP contribution is 2.56. The largest absolute Gasteiger partial charge is 0.619 e. The molecule has 0 aliphatic heterocycles. The van der Waals surface area contributed by atoms with E-state index < -0.39 is 5.82 Å². The molecule has 3 atom stereocenters. The smallest absolute Gasteiger partial charge is 0.229 e. The fourth-order valence-corrected chi connectivity index (χ4v) is 4.79. The van der Waals surface area contributed by atoms with Gasteiger partial charge < -0.3 is 10.5 Å². The predicted octanol–water partition coefficient (Wildman–Crippen LogP) is 4.09. The molecule has 1 amide bonds. The molecule has 1 aliphatic rings. The Bertz CT molecular complexity index is 1380. The van der Waals surface area contributed by atoms with Gasteiger partial charge in [-0.3, -0.25) is 9.48 Å². The number of aryl methyl sites for hydroxylation is 2.